The fourth-order valence-corrected chi connectivity index (χ4v) is 2.40. The normalized spacial score (nSPS) is 10.5. The van der Waals surface area contributed by atoms with Gasteiger partial charge in [0, 0.05) is 19.7 Å². The molecule has 2 aromatic rings. The Morgan fingerprint density at radius 2 is 1.76 bits per heavy atom. The van der Waals surface area contributed by atoms with Gasteiger partial charge in [-0.05, 0) is 35.7 Å². The number of hydrogen-bond acceptors (Lipinski definition) is 4. The minimum Gasteiger partial charge on any atom is -0.313 e. The van der Waals surface area contributed by atoms with Crippen molar-refractivity contribution >= 4 is 28.2 Å². The summed E-state index contributed by atoms with van der Waals surface area (Å²) in [5.41, 5.74) is 3.31. The molecule has 0 saturated heterocycles. The lowest BCUT2D eigenvalue weighted by Gasteiger charge is -2.12. The molecule has 0 bridgehead atoms. The number of thiophene rings is 1. The van der Waals surface area contributed by atoms with Crippen LogP contribution < -0.4 is 10.7 Å². The third-order valence-corrected chi connectivity index (χ3v) is 3.40. The van der Waals surface area contributed by atoms with Crippen molar-refractivity contribution in [2.75, 3.05) is 19.4 Å². The maximum absolute atomic E-state index is 12.8. The van der Waals surface area contributed by atoms with Crippen molar-refractivity contribution in [2.45, 2.75) is 0 Å². The standard InChI is InChI=1S/C14H14FN3O2S/c1-18(2)17-13(20)11-7-8-21-14(11)16-12(19)9-3-5-10(15)6-4-9/h3-8H,1-2H3,(H,16,19)(H,17,20). The number of halogens is 1. The maximum Gasteiger partial charge on any atom is 0.268 e. The molecule has 0 aliphatic heterocycles. The number of hydrazine groups is 1. The van der Waals surface area contributed by atoms with Gasteiger partial charge in [0.25, 0.3) is 11.8 Å². The molecule has 110 valence electrons. The first-order valence-electron chi connectivity index (χ1n) is 6.10. The Bertz CT molecular complexity index is 652. The van der Waals surface area contributed by atoms with E-state index in [1.807, 2.05) is 0 Å². The van der Waals surface area contributed by atoms with Crippen molar-refractivity contribution < 1.29 is 14.0 Å². The molecule has 1 aromatic heterocycles. The van der Waals surface area contributed by atoms with Crippen LogP contribution in [0.4, 0.5) is 9.39 Å². The van der Waals surface area contributed by atoms with Crippen LogP contribution in [0.25, 0.3) is 0 Å². The average Bonchev–Trinajstić information content (AvgIpc) is 2.86. The molecule has 0 spiro atoms. The van der Waals surface area contributed by atoms with Crippen molar-refractivity contribution in [1.29, 1.82) is 0 Å². The van der Waals surface area contributed by atoms with Gasteiger partial charge in [-0.15, -0.1) is 11.3 Å². The Labute approximate surface area is 125 Å². The van der Waals surface area contributed by atoms with Crippen LogP contribution in [0.2, 0.25) is 0 Å². The van der Waals surface area contributed by atoms with E-state index >= 15 is 0 Å². The monoisotopic (exact) mass is 307 g/mol. The van der Waals surface area contributed by atoms with Crippen LogP contribution in [-0.2, 0) is 0 Å². The highest BCUT2D eigenvalue weighted by Crippen LogP contribution is 2.24. The van der Waals surface area contributed by atoms with Crippen LogP contribution in [0.3, 0.4) is 0 Å². The smallest absolute Gasteiger partial charge is 0.268 e. The van der Waals surface area contributed by atoms with E-state index in [9.17, 15) is 14.0 Å². The van der Waals surface area contributed by atoms with Gasteiger partial charge in [-0.3, -0.25) is 15.0 Å². The zero-order valence-corrected chi connectivity index (χ0v) is 12.3. The summed E-state index contributed by atoms with van der Waals surface area (Å²) in [4.78, 5) is 24.0. The van der Waals surface area contributed by atoms with Crippen LogP contribution in [-0.4, -0.2) is 30.9 Å². The van der Waals surface area contributed by atoms with Gasteiger partial charge in [0.15, 0.2) is 0 Å². The van der Waals surface area contributed by atoms with Crippen molar-refractivity contribution in [3.63, 3.8) is 0 Å². The summed E-state index contributed by atoms with van der Waals surface area (Å²) < 4.78 is 12.8. The topological polar surface area (TPSA) is 61.4 Å². The van der Waals surface area contributed by atoms with Crippen molar-refractivity contribution in [3.8, 4) is 0 Å². The summed E-state index contributed by atoms with van der Waals surface area (Å²) in [5, 5.41) is 6.34. The fourth-order valence-electron chi connectivity index (χ4n) is 1.62. The number of carbonyl (C=O) groups is 2. The van der Waals surface area contributed by atoms with Gasteiger partial charge in [0.1, 0.15) is 10.8 Å². The second kappa shape index (κ2) is 6.47. The van der Waals surface area contributed by atoms with Crippen LogP contribution in [0.1, 0.15) is 20.7 Å². The van der Waals surface area contributed by atoms with Crippen LogP contribution in [0.15, 0.2) is 35.7 Å². The van der Waals surface area contributed by atoms with Gasteiger partial charge < -0.3 is 5.32 Å². The van der Waals surface area contributed by atoms with E-state index < -0.39 is 11.7 Å². The summed E-state index contributed by atoms with van der Waals surface area (Å²) >= 11 is 1.25. The molecule has 0 radical (unpaired) electrons. The first-order chi connectivity index (χ1) is 9.97. The van der Waals surface area contributed by atoms with Gasteiger partial charge >= 0.3 is 0 Å². The summed E-state index contributed by atoms with van der Waals surface area (Å²) in [6.45, 7) is 0. The zero-order valence-electron chi connectivity index (χ0n) is 11.5. The summed E-state index contributed by atoms with van der Waals surface area (Å²) in [6, 6.07) is 6.82. The lowest BCUT2D eigenvalue weighted by Crippen LogP contribution is -2.36. The number of nitrogens with zero attached hydrogens (tertiary/aromatic N) is 1. The Morgan fingerprint density at radius 3 is 2.38 bits per heavy atom. The molecule has 7 heteroatoms. The average molecular weight is 307 g/mol. The van der Waals surface area contributed by atoms with E-state index in [4.69, 9.17) is 0 Å². The summed E-state index contributed by atoms with van der Waals surface area (Å²) in [6.07, 6.45) is 0. The second-order valence-electron chi connectivity index (χ2n) is 4.46. The molecule has 5 nitrogen and oxygen atoms in total. The maximum atomic E-state index is 12.8. The molecule has 1 heterocycles. The third kappa shape index (κ3) is 3.87. The highest BCUT2D eigenvalue weighted by molar-refractivity contribution is 7.14. The van der Waals surface area contributed by atoms with Gasteiger partial charge in [0.2, 0.25) is 0 Å². The molecule has 0 fully saturated rings. The molecule has 21 heavy (non-hydrogen) atoms. The lowest BCUT2D eigenvalue weighted by molar-refractivity contribution is 0.0858. The quantitative estimate of drug-likeness (QED) is 0.852. The van der Waals surface area contributed by atoms with Gasteiger partial charge in [0.05, 0.1) is 5.56 Å². The van der Waals surface area contributed by atoms with Crippen molar-refractivity contribution in [2.24, 2.45) is 0 Å². The van der Waals surface area contributed by atoms with Crippen molar-refractivity contribution in [1.82, 2.24) is 10.4 Å². The number of carbonyl (C=O) groups excluding carboxylic acids is 2. The molecule has 0 unspecified atom stereocenters. The lowest BCUT2D eigenvalue weighted by atomic mass is 10.2. The number of hydrogen-bond donors (Lipinski definition) is 2. The fraction of sp³-hybridized carbons (Fsp3) is 0.143. The SMILES string of the molecule is CN(C)NC(=O)c1ccsc1NC(=O)c1ccc(F)cc1. The van der Waals surface area contributed by atoms with E-state index in [2.05, 4.69) is 10.7 Å². The van der Waals surface area contributed by atoms with E-state index in [1.165, 1.54) is 40.6 Å². The van der Waals surface area contributed by atoms with Gasteiger partial charge in [-0.25, -0.2) is 9.40 Å². The minimum absolute atomic E-state index is 0.310. The van der Waals surface area contributed by atoms with E-state index in [-0.39, 0.29) is 5.91 Å². The molecule has 2 rings (SSSR count). The van der Waals surface area contributed by atoms with Crippen LogP contribution in [0, 0.1) is 5.82 Å². The molecule has 0 atom stereocenters. The highest BCUT2D eigenvalue weighted by atomic mass is 32.1. The molecular formula is C14H14FN3O2S. The number of amides is 2. The first kappa shape index (κ1) is 15.1. The summed E-state index contributed by atoms with van der Waals surface area (Å²) in [5.74, 6) is -1.11. The van der Waals surface area contributed by atoms with Gasteiger partial charge in [-0.2, -0.15) is 0 Å². The summed E-state index contributed by atoms with van der Waals surface area (Å²) in [7, 11) is 3.39. The largest absolute Gasteiger partial charge is 0.313 e. The zero-order chi connectivity index (χ0) is 15.4. The number of nitrogens with one attached hydrogen (secondary N) is 2. The van der Waals surface area contributed by atoms with Crippen molar-refractivity contribution in [3.05, 3.63) is 52.7 Å². The van der Waals surface area contributed by atoms with E-state index in [0.717, 1.165) is 0 Å². The number of anilines is 1. The molecule has 0 saturated carbocycles. The predicted molar refractivity (Wildman–Crippen MR) is 79.8 cm³/mol. The highest BCUT2D eigenvalue weighted by Gasteiger charge is 2.16. The van der Waals surface area contributed by atoms with Crippen LogP contribution >= 0.6 is 11.3 Å². The van der Waals surface area contributed by atoms with Crippen LogP contribution in [0.5, 0.6) is 0 Å². The van der Waals surface area contributed by atoms with E-state index in [0.29, 0.717) is 16.1 Å². The first-order valence-corrected chi connectivity index (χ1v) is 6.98. The molecule has 1 aromatic carbocycles. The molecule has 2 amide bonds. The minimum atomic E-state index is -0.409. The Balaban J connectivity index is 2.13. The molecular weight excluding hydrogens is 293 g/mol. The molecule has 0 aliphatic carbocycles. The van der Waals surface area contributed by atoms with E-state index in [1.54, 1.807) is 25.5 Å². The Kier molecular flexibility index (Phi) is 4.66. The van der Waals surface area contributed by atoms with Gasteiger partial charge in [-0.1, -0.05) is 0 Å². The number of benzene rings is 1. The Hall–Kier alpha value is -2.25. The third-order valence-electron chi connectivity index (χ3n) is 2.57. The molecule has 0 aliphatic rings. The predicted octanol–water partition coefficient (Wildman–Crippen LogP) is 2.35. The second-order valence-corrected chi connectivity index (χ2v) is 5.38. The Morgan fingerprint density at radius 1 is 1.10 bits per heavy atom. The number of rotatable bonds is 4. The molecule has 2 N–H and O–H groups in total.